The zero-order chi connectivity index (χ0) is 21.7. The summed E-state index contributed by atoms with van der Waals surface area (Å²) < 4.78 is 0. The molecule has 6 nitrogen and oxygen atoms in total. The van der Waals surface area contributed by atoms with Gasteiger partial charge in [0.1, 0.15) is 0 Å². The Morgan fingerprint density at radius 3 is 2.53 bits per heavy atom. The van der Waals surface area contributed by atoms with Gasteiger partial charge in [-0.05, 0) is 12.5 Å². The second-order valence-electron chi connectivity index (χ2n) is 7.67. The van der Waals surface area contributed by atoms with Crippen LogP contribution in [0, 0.1) is 5.92 Å². The number of carbonyl (C=O) groups excluding carboxylic acids is 2. The van der Waals surface area contributed by atoms with Crippen LogP contribution in [-0.4, -0.2) is 41.9 Å². The lowest BCUT2D eigenvalue weighted by atomic mass is 9.99. The lowest BCUT2D eigenvalue weighted by Gasteiger charge is -2.23. The third-order valence-electron chi connectivity index (χ3n) is 5.51. The number of anilines is 1. The number of likely N-dealkylation sites (N-methyl/N-ethyl adjacent to an activating group) is 1. The quantitative estimate of drug-likeness (QED) is 0.740. The summed E-state index contributed by atoms with van der Waals surface area (Å²) in [5.74, 6) is -1.33. The summed E-state index contributed by atoms with van der Waals surface area (Å²) in [7, 11) is 1.68. The van der Waals surface area contributed by atoms with E-state index in [0.29, 0.717) is 12.1 Å². The fourth-order valence-corrected chi connectivity index (χ4v) is 3.55. The smallest absolute Gasteiger partial charge is 0.272 e. The summed E-state index contributed by atoms with van der Waals surface area (Å²) in [5, 5.41) is 13.1. The molecule has 1 heterocycles. The van der Waals surface area contributed by atoms with Crippen LogP contribution in [0.3, 0.4) is 0 Å². The van der Waals surface area contributed by atoms with Gasteiger partial charge in [0.05, 0.1) is 23.4 Å². The number of aliphatic hydroxyl groups is 1. The van der Waals surface area contributed by atoms with Crippen molar-refractivity contribution in [1.29, 1.82) is 0 Å². The van der Waals surface area contributed by atoms with E-state index in [2.05, 4.69) is 10.3 Å². The molecule has 1 aliphatic rings. The molecule has 0 aliphatic carbocycles. The number of amides is 2. The molecule has 6 heteroatoms. The van der Waals surface area contributed by atoms with Gasteiger partial charge < -0.3 is 15.3 Å². The number of carbonyl (C=O) groups is 2. The fraction of sp³-hybridized carbons (Fsp3) is 0.375. The first-order chi connectivity index (χ1) is 14.4. The Morgan fingerprint density at radius 2 is 1.83 bits per heavy atom. The van der Waals surface area contributed by atoms with Gasteiger partial charge in [-0.15, -0.1) is 0 Å². The maximum atomic E-state index is 13.1. The number of para-hydroxylation sites is 1. The Morgan fingerprint density at radius 1 is 1.17 bits per heavy atom. The van der Waals surface area contributed by atoms with Gasteiger partial charge in [-0.25, -0.2) is 4.99 Å². The maximum Gasteiger partial charge on any atom is 0.272 e. The lowest BCUT2D eigenvalue weighted by molar-refractivity contribution is -0.132. The van der Waals surface area contributed by atoms with Crippen molar-refractivity contribution in [3.05, 3.63) is 65.7 Å². The van der Waals surface area contributed by atoms with Crippen LogP contribution in [0.1, 0.15) is 44.2 Å². The maximum absolute atomic E-state index is 13.1. The van der Waals surface area contributed by atoms with E-state index < -0.39 is 18.2 Å². The standard InChI is InChI=1S/C24H29N3O3/c1-4-5-15-20(28)16(2)23(29)26-22-24(30)27(3)19-14-10-9-13-18(19)21(25-22)17-11-7-6-8-12-17/h6-14,16,20,22,28H,4-5,15H2,1-3H3,(H,26,29)/t16-,20+,22?/m1/s1. The Kier molecular flexibility index (Phi) is 7.00. The molecule has 0 radical (unpaired) electrons. The second kappa shape index (κ2) is 9.67. The highest BCUT2D eigenvalue weighted by molar-refractivity contribution is 6.20. The van der Waals surface area contributed by atoms with E-state index in [1.807, 2.05) is 61.5 Å². The number of hydrogen-bond donors (Lipinski definition) is 2. The zero-order valence-corrected chi connectivity index (χ0v) is 17.7. The van der Waals surface area contributed by atoms with Gasteiger partial charge >= 0.3 is 0 Å². The van der Waals surface area contributed by atoms with Gasteiger partial charge in [0.2, 0.25) is 12.1 Å². The van der Waals surface area contributed by atoms with Crippen molar-refractivity contribution in [2.45, 2.75) is 45.4 Å². The van der Waals surface area contributed by atoms with E-state index in [1.165, 1.54) is 4.90 Å². The molecule has 3 rings (SSSR count). The van der Waals surface area contributed by atoms with E-state index in [-0.39, 0.29) is 11.8 Å². The molecule has 1 unspecified atom stereocenters. The third-order valence-corrected chi connectivity index (χ3v) is 5.51. The van der Waals surface area contributed by atoms with Crippen molar-refractivity contribution in [2.75, 3.05) is 11.9 Å². The lowest BCUT2D eigenvalue weighted by Crippen LogP contribution is -2.49. The number of fused-ring (bicyclic) bond motifs is 1. The normalized spacial score (nSPS) is 18.1. The molecule has 158 valence electrons. The molecule has 0 saturated carbocycles. The summed E-state index contributed by atoms with van der Waals surface area (Å²) in [4.78, 5) is 32.1. The molecule has 0 spiro atoms. The van der Waals surface area contributed by atoms with E-state index in [1.54, 1.807) is 14.0 Å². The highest BCUT2D eigenvalue weighted by atomic mass is 16.3. The van der Waals surface area contributed by atoms with Crippen LogP contribution < -0.4 is 10.2 Å². The van der Waals surface area contributed by atoms with Crippen LogP contribution in [0.15, 0.2) is 59.6 Å². The van der Waals surface area contributed by atoms with E-state index in [9.17, 15) is 14.7 Å². The summed E-state index contributed by atoms with van der Waals surface area (Å²) in [6, 6.07) is 17.2. The number of benzodiazepines with no additional fused rings is 1. The molecular weight excluding hydrogens is 378 g/mol. The van der Waals surface area contributed by atoms with E-state index in [4.69, 9.17) is 0 Å². The number of aliphatic hydroxyl groups excluding tert-OH is 1. The fourth-order valence-electron chi connectivity index (χ4n) is 3.55. The van der Waals surface area contributed by atoms with Crippen molar-refractivity contribution in [1.82, 2.24) is 5.32 Å². The van der Waals surface area contributed by atoms with Crippen molar-refractivity contribution < 1.29 is 14.7 Å². The average Bonchev–Trinajstić information content (AvgIpc) is 2.88. The minimum absolute atomic E-state index is 0.322. The summed E-state index contributed by atoms with van der Waals surface area (Å²) in [6.07, 6.45) is 0.521. The van der Waals surface area contributed by atoms with Gasteiger partial charge in [0.15, 0.2) is 0 Å². The monoisotopic (exact) mass is 407 g/mol. The van der Waals surface area contributed by atoms with Gasteiger partial charge in [-0.3, -0.25) is 9.59 Å². The Labute approximate surface area is 177 Å². The third kappa shape index (κ3) is 4.60. The number of rotatable bonds is 7. The SMILES string of the molecule is CCCC[C@H](O)[C@@H](C)C(=O)NC1N=C(c2ccccc2)c2ccccc2N(C)C1=O. The van der Waals surface area contributed by atoms with Crippen LogP contribution >= 0.6 is 0 Å². The number of hydrogen-bond acceptors (Lipinski definition) is 4. The molecule has 0 saturated heterocycles. The highest BCUT2D eigenvalue weighted by Crippen LogP contribution is 2.27. The topological polar surface area (TPSA) is 82.0 Å². The van der Waals surface area contributed by atoms with E-state index >= 15 is 0 Å². The van der Waals surface area contributed by atoms with Crippen LogP contribution in [-0.2, 0) is 9.59 Å². The van der Waals surface area contributed by atoms with Gasteiger partial charge in [0, 0.05) is 18.2 Å². The van der Waals surface area contributed by atoms with E-state index in [0.717, 1.165) is 29.7 Å². The Bertz CT molecular complexity index is 926. The van der Waals surface area contributed by atoms with Gasteiger partial charge in [-0.2, -0.15) is 0 Å². The molecule has 30 heavy (non-hydrogen) atoms. The summed E-state index contributed by atoms with van der Waals surface area (Å²) >= 11 is 0. The number of benzene rings is 2. The van der Waals surface area contributed by atoms with Gasteiger partial charge in [0.25, 0.3) is 5.91 Å². The predicted molar refractivity (Wildman–Crippen MR) is 119 cm³/mol. The minimum Gasteiger partial charge on any atom is -0.392 e. The molecule has 2 N–H and O–H groups in total. The number of nitrogens with zero attached hydrogens (tertiary/aromatic N) is 2. The van der Waals surface area contributed by atoms with Crippen LogP contribution in [0.5, 0.6) is 0 Å². The predicted octanol–water partition coefficient (Wildman–Crippen LogP) is 3.13. The molecule has 2 aromatic rings. The Balaban J connectivity index is 1.95. The average molecular weight is 408 g/mol. The van der Waals surface area contributed by atoms with Crippen molar-refractivity contribution in [3.8, 4) is 0 Å². The first kappa shape index (κ1) is 21.7. The van der Waals surface area contributed by atoms with Crippen molar-refractivity contribution in [3.63, 3.8) is 0 Å². The molecule has 3 atom stereocenters. The molecule has 0 bridgehead atoms. The zero-order valence-electron chi connectivity index (χ0n) is 17.7. The molecule has 2 amide bonds. The largest absolute Gasteiger partial charge is 0.392 e. The number of nitrogens with one attached hydrogen (secondary N) is 1. The molecule has 0 aromatic heterocycles. The van der Waals surface area contributed by atoms with Crippen molar-refractivity contribution >= 4 is 23.2 Å². The van der Waals surface area contributed by atoms with Crippen molar-refractivity contribution in [2.24, 2.45) is 10.9 Å². The van der Waals surface area contributed by atoms with Gasteiger partial charge in [-0.1, -0.05) is 75.2 Å². The number of unbranched alkanes of at least 4 members (excludes halogenated alkanes) is 1. The summed E-state index contributed by atoms with van der Waals surface area (Å²) in [6.45, 7) is 3.71. The number of aliphatic imine (C=N–C) groups is 1. The van der Waals surface area contributed by atoms with Crippen LogP contribution in [0.4, 0.5) is 5.69 Å². The second-order valence-corrected chi connectivity index (χ2v) is 7.67. The first-order valence-electron chi connectivity index (χ1n) is 10.4. The molecule has 2 aromatic carbocycles. The molecule has 0 fully saturated rings. The highest BCUT2D eigenvalue weighted by Gasteiger charge is 2.32. The summed E-state index contributed by atoms with van der Waals surface area (Å²) in [5.41, 5.74) is 3.07. The molecule has 1 aliphatic heterocycles. The van der Waals surface area contributed by atoms with Crippen LogP contribution in [0.25, 0.3) is 0 Å². The van der Waals surface area contributed by atoms with Crippen LogP contribution in [0.2, 0.25) is 0 Å². The molecular formula is C24H29N3O3. The Hall–Kier alpha value is -2.99. The first-order valence-corrected chi connectivity index (χ1v) is 10.4. The minimum atomic E-state index is -1.06.